The summed E-state index contributed by atoms with van der Waals surface area (Å²) in [5.74, 6) is 0.482. The minimum Gasteiger partial charge on any atom is -0.340 e. The quantitative estimate of drug-likeness (QED) is 0.650. The largest absolute Gasteiger partial charge is 0.340 e. The summed E-state index contributed by atoms with van der Waals surface area (Å²) in [6.45, 7) is 9.21. The van der Waals surface area contributed by atoms with Gasteiger partial charge in [0.15, 0.2) is 5.82 Å². The van der Waals surface area contributed by atoms with Gasteiger partial charge in [-0.05, 0) is 30.9 Å². The van der Waals surface area contributed by atoms with Gasteiger partial charge >= 0.3 is 0 Å². The Morgan fingerprint density at radius 3 is 2.32 bits per heavy atom. The Labute approximate surface area is 184 Å². The van der Waals surface area contributed by atoms with E-state index in [1.54, 1.807) is 23.4 Å². The average Bonchev–Trinajstić information content (AvgIpc) is 2.80. The number of pyridine rings is 1. The summed E-state index contributed by atoms with van der Waals surface area (Å²) in [5.41, 5.74) is 1.23. The number of piperazine rings is 1. The van der Waals surface area contributed by atoms with E-state index >= 15 is 0 Å². The zero-order valence-electron chi connectivity index (χ0n) is 18.7. The van der Waals surface area contributed by atoms with Crippen LogP contribution in [0.3, 0.4) is 0 Å². The van der Waals surface area contributed by atoms with Gasteiger partial charge in [0.1, 0.15) is 4.90 Å². The van der Waals surface area contributed by atoms with E-state index in [2.05, 4.69) is 15.0 Å². The van der Waals surface area contributed by atoms with Gasteiger partial charge in [0.05, 0.1) is 11.9 Å². The molecule has 0 spiro atoms. The van der Waals surface area contributed by atoms with Gasteiger partial charge < -0.3 is 4.90 Å². The van der Waals surface area contributed by atoms with E-state index in [1.807, 2.05) is 33.8 Å². The topological polar surface area (TPSA) is 96.4 Å². The third kappa shape index (κ3) is 4.93. The lowest BCUT2D eigenvalue weighted by molar-refractivity contribution is -0.136. The summed E-state index contributed by atoms with van der Waals surface area (Å²) in [6.07, 6.45) is 6.32. The Bertz CT molecular complexity index is 999. The molecule has 0 bridgehead atoms. The standard InChI is InChI=1S/C22H31N5O3S/c1-5-17(6-2)22(28)26-10-12-27(13-11-26)31(29,30)19-15-24-21(25-20(19)16(3)4)18-8-7-9-23-14-18/h7-9,14-17H,5-6,10-13H2,1-4H3. The van der Waals surface area contributed by atoms with Gasteiger partial charge in [0.25, 0.3) is 0 Å². The fourth-order valence-corrected chi connectivity index (χ4v) is 5.47. The van der Waals surface area contributed by atoms with Crippen LogP contribution in [0.4, 0.5) is 0 Å². The van der Waals surface area contributed by atoms with E-state index < -0.39 is 10.0 Å². The fraction of sp³-hybridized carbons (Fsp3) is 0.545. The SMILES string of the molecule is CCC(CC)C(=O)N1CCN(S(=O)(=O)c2cnc(-c3cccnc3)nc2C(C)C)CC1. The zero-order valence-corrected chi connectivity index (χ0v) is 19.5. The van der Waals surface area contributed by atoms with Crippen molar-refractivity contribution in [3.8, 4) is 11.4 Å². The fourth-order valence-electron chi connectivity index (χ4n) is 3.81. The number of carbonyl (C=O) groups is 1. The summed E-state index contributed by atoms with van der Waals surface area (Å²) in [6, 6.07) is 3.64. The molecule has 1 amide bonds. The van der Waals surface area contributed by atoms with E-state index in [-0.39, 0.29) is 35.7 Å². The van der Waals surface area contributed by atoms with Crippen LogP contribution >= 0.6 is 0 Å². The molecule has 9 heteroatoms. The van der Waals surface area contributed by atoms with E-state index in [0.29, 0.717) is 24.6 Å². The van der Waals surface area contributed by atoms with E-state index in [4.69, 9.17) is 0 Å². The molecular formula is C22H31N5O3S. The van der Waals surface area contributed by atoms with Crippen LogP contribution in [-0.2, 0) is 14.8 Å². The lowest BCUT2D eigenvalue weighted by Gasteiger charge is -2.35. The molecular weight excluding hydrogens is 414 g/mol. The highest BCUT2D eigenvalue weighted by Crippen LogP contribution is 2.27. The Balaban J connectivity index is 1.83. The molecule has 3 heterocycles. The van der Waals surface area contributed by atoms with Crippen LogP contribution in [0.5, 0.6) is 0 Å². The lowest BCUT2D eigenvalue weighted by atomic mass is 10.0. The number of carbonyl (C=O) groups excluding carboxylic acids is 1. The van der Waals surface area contributed by atoms with Crippen LogP contribution in [0, 0.1) is 5.92 Å². The Morgan fingerprint density at radius 2 is 1.77 bits per heavy atom. The number of amides is 1. The molecule has 0 aliphatic carbocycles. The monoisotopic (exact) mass is 445 g/mol. The van der Waals surface area contributed by atoms with Crippen LogP contribution < -0.4 is 0 Å². The molecule has 2 aromatic heterocycles. The Hall–Kier alpha value is -2.39. The lowest BCUT2D eigenvalue weighted by Crippen LogP contribution is -2.51. The first-order chi connectivity index (χ1) is 14.8. The highest BCUT2D eigenvalue weighted by molar-refractivity contribution is 7.89. The van der Waals surface area contributed by atoms with Crippen molar-refractivity contribution in [3.05, 3.63) is 36.4 Å². The molecule has 0 N–H and O–H groups in total. The first-order valence-electron chi connectivity index (χ1n) is 10.9. The number of nitrogens with zero attached hydrogens (tertiary/aromatic N) is 5. The number of hydrogen-bond acceptors (Lipinski definition) is 6. The zero-order chi connectivity index (χ0) is 22.6. The first kappa shape index (κ1) is 23.3. The molecule has 168 valence electrons. The summed E-state index contributed by atoms with van der Waals surface area (Å²) in [4.78, 5) is 27.5. The van der Waals surface area contributed by atoms with E-state index in [0.717, 1.165) is 18.4 Å². The second-order valence-corrected chi connectivity index (χ2v) is 9.99. The van der Waals surface area contributed by atoms with Gasteiger partial charge in [0, 0.05) is 50.1 Å². The average molecular weight is 446 g/mol. The van der Waals surface area contributed by atoms with Crippen molar-refractivity contribution in [3.63, 3.8) is 0 Å². The van der Waals surface area contributed by atoms with Gasteiger partial charge in [-0.2, -0.15) is 4.31 Å². The van der Waals surface area contributed by atoms with Crippen LogP contribution in [0.2, 0.25) is 0 Å². The van der Waals surface area contributed by atoms with Crippen molar-refractivity contribution in [2.75, 3.05) is 26.2 Å². The van der Waals surface area contributed by atoms with Gasteiger partial charge in [0.2, 0.25) is 15.9 Å². The van der Waals surface area contributed by atoms with Crippen LogP contribution in [0.1, 0.15) is 52.1 Å². The summed E-state index contributed by atoms with van der Waals surface area (Å²) in [7, 11) is -3.76. The van der Waals surface area contributed by atoms with E-state index in [1.165, 1.54) is 10.5 Å². The second kappa shape index (κ2) is 9.82. The van der Waals surface area contributed by atoms with Crippen molar-refractivity contribution < 1.29 is 13.2 Å². The van der Waals surface area contributed by atoms with Crippen molar-refractivity contribution >= 4 is 15.9 Å². The number of rotatable bonds is 7. The molecule has 0 unspecified atom stereocenters. The molecule has 0 saturated carbocycles. The Kier molecular flexibility index (Phi) is 7.38. The summed E-state index contributed by atoms with van der Waals surface area (Å²) >= 11 is 0. The van der Waals surface area contributed by atoms with Gasteiger partial charge in [-0.1, -0.05) is 27.7 Å². The highest BCUT2D eigenvalue weighted by atomic mass is 32.2. The molecule has 8 nitrogen and oxygen atoms in total. The summed E-state index contributed by atoms with van der Waals surface area (Å²) < 4.78 is 28.3. The van der Waals surface area contributed by atoms with Gasteiger partial charge in [-0.15, -0.1) is 0 Å². The van der Waals surface area contributed by atoms with Crippen molar-refractivity contribution in [1.29, 1.82) is 0 Å². The third-order valence-electron chi connectivity index (χ3n) is 5.75. The van der Waals surface area contributed by atoms with Gasteiger partial charge in [-0.3, -0.25) is 9.78 Å². The van der Waals surface area contributed by atoms with Crippen molar-refractivity contribution in [2.45, 2.75) is 51.3 Å². The second-order valence-electron chi connectivity index (χ2n) is 8.08. The smallest absolute Gasteiger partial charge is 0.246 e. The maximum Gasteiger partial charge on any atom is 0.246 e. The highest BCUT2D eigenvalue weighted by Gasteiger charge is 2.34. The van der Waals surface area contributed by atoms with Crippen LogP contribution in [0.25, 0.3) is 11.4 Å². The number of hydrogen-bond donors (Lipinski definition) is 0. The summed E-state index contributed by atoms with van der Waals surface area (Å²) in [5, 5.41) is 0. The molecule has 1 saturated heterocycles. The molecule has 2 aromatic rings. The molecule has 1 fully saturated rings. The van der Waals surface area contributed by atoms with Crippen LogP contribution in [-0.4, -0.2) is 64.7 Å². The van der Waals surface area contributed by atoms with Crippen molar-refractivity contribution in [2.24, 2.45) is 5.92 Å². The molecule has 0 aromatic carbocycles. The van der Waals surface area contributed by atoms with Gasteiger partial charge in [-0.25, -0.2) is 18.4 Å². The number of sulfonamides is 1. The predicted octanol–water partition coefficient (Wildman–Crippen LogP) is 2.93. The maximum atomic E-state index is 13.4. The third-order valence-corrected chi connectivity index (χ3v) is 7.67. The normalized spacial score (nSPS) is 15.6. The maximum absolute atomic E-state index is 13.4. The molecule has 1 aliphatic heterocycles. The number of aromatic nitrogens is 3. The molecule has 0 radical (unpaired) electrons. The minimum atomic E-state index is -3.76. The predicted molar refractivity (Wildman–Crippen MR) is 119 cm³/mol. The first-order valence-corrected chi connectivity index (χ1v) is 12.3. The van der Waals surface area contributed by atoms with Crippen molar-refractivity contribution in [1.82, 2.24) is 24.2 Å². The molecule has 3 rings (SSSR count). The van der Waals surface area contributed by atoms with Crippen LogP contribution in [0.15, 0.2) is 35.6 Å². The Morgan fingerprint density at radius 1 is 1.10 bits per heavy atom. The minimum absolute atomic E-state index is 0.00382. The molecule has 31 heavy (non-hydrogen) atoms. The van der Waals surface area contributed by atoms with E-state index in [9.17, 15) is 13.2 Å². The molecule has 1 aliphatic rings. The molecule has 0 atom stereocenters.